The van der Waals surface area contributed by atoms with E-state index >= 15 is 0 Å². The van der Waals surface area contributed by atoms with E-state index in [4.69, 9.17) is 9.47 Å². The number of nitrogens with zero attached hydrogens (tertiary/aromatic N) is 2. The number of hydrogen-bond acceptors (Lipinski definition) is 4. The van der Waals surface area contributed by atoms with Crippen LogP contribution in [0.4, 0.5) is 0 Å². The van der Waals surface area contributed by atoms with Crippen LogP contribution in [0.15, 0.2) is 17.1 Å². The van der Waals surface area contributed by atoms with Gasteiger partial charge in [0.15, 0.2) is 5.96 Å². The summed E-state index contributed by atoms with van der Waals surface area (Å²) in [6, 6.07) is 4.06. The smallest absolute Gasteiger partial charge is 0.240 e. The maximum Gasteiger partial charge on any atom is 0.240 e. The van der Waals surface area contributed by atoms with Crippen molar-refractivity contribution in [2.24, 2.45) is 4.99 Å². The predicted octanol–water partition coefficient (Wildman–Crippen LogP) is 2.56. The summed E-state index contributed by atoms with van der Waals surface area (Å²) in [6.45, 7) is 8.68. The van der Waals surface area contributed by atoms with Crippen molar-refractivity contribution in [3.8, 4) is 11.5 Å². The summed E-state index contributed by atoms with van der Waals surface area (Å²) in [6.07, 6.45) is 1.08. The first-order chi connectivity index (χ1) is 12.6. The summed E-state index contributed by atoms with van der Waals surface area (Å²) >= 11 is 0. The first-order valence-corrected chi connectivity index (χ1v) is 9.22. The summed E-state index contributed by atoms with van der Waals surface area (Å²) < 4.78 is 11.4. The molecule has 1 atom stereocenters. The number of hydrogen-bond donors (Lipinski definition) is 2. The average molecular weight is 504 g/mol. The number of aliphatic imine (C=N–C) groups is 1. The molecule has 158 valence electrons. The standard InChI is InChI=1S/C20H32N4O3.HI/c1-13-8-14-9-16(26-7)15(10-17(14)27-13)11-22-19(21-5)24(6)12-18(25)23-20(2,3)4;/h9-10,13H,8,11-12H2,1-7H3,(H,21,22)(H,23,25);1H. The van der Waals surface area contributed by atoms with E-state index in [1.165, 1.54) is 5.56 Å². The fraction of sp³-hybridized carbons (Fsp3) is 0.600. The van der Waals surface area contributed by atoms with Crippen LogP contribution in [0.2, 0.25) is 0 Å². The van der Waals surface area contributed by atoms with Crippen molar-refractivity contribution in [3.63, 3.8) is 0 Å². The zero-order valence-electron chi connectivity index (χ0n) is 17.9. The molecule has 0 saturated heterocycles. The summed E-state index contributed by atoms with van der Waals surface area (Å²) in [5.74, 6) is 2.32. The van der Waals surface area contributed by atoms with Gasteiger partial charge in [0.1, 0.15) is 17.6 Å². The molecular formula is C20H33IN4O3. The van der Waals surface area contributed by atoms with Gasteiger partial charge in [0.2, 0.25) is 5.91 Å². The maximum absolute atomic E-state index is 12.2. The second kappa shape index (κ2) is 10.2. The van der Waals surface area contributed by atoms with Crippen LogP contribution in [-0.4, -0.2) is 56.2 Å². The van der Waals surface area contributed by atoms with E-state index < -0.39 is 0 Å². The van der Waals surface area contributed by atoms with Crippen LogP contribution in [-0.2, 0) is 17.8 Å². The Morgan fingerprint density at radius 1 is 1.39 bits per heavy atom. The van der Waals surface area contributed by atoms with Crippen LogP contribution in [0.3, 0.4) is 0 Å². The third-order valence-electron chi connectivity index (χ3n) is 4.20. The molecular weight excluding hydrogens is 471 g/mol. The Hall–Kier alpha value is -1.71. The fourth-order valence-corrected chi connectivity index (χ4v) is 3.12. The van der Waals surface area contributed by atoms with Crippen LogP contribution in [0.1, 0.15) is 38.8 Å². The topological polar surface area (TPSA) is 75.2 Å². The quantitative estimate of drug-likeness (QED) is 0.367. The summed E-state index contributed by atoms with van der Waals surface area (Å²) in [7, 11) is 5.20. The zero-order valence-corrected chi connectivity index (χ0v) is 20.2. The van der Waals surface area contributed by atoms with Crippen molar-refractivity contribution in [3.05, 3.63) is 23.3 Å². The predicted molar refractivity (Wildman–Crippen MR) is 123 cm³/mol. The number of rotatable bonds is 5. The van der Waals surface area contributed by atoms with Crippen molar-refractivity contribution in [2.45, 2.75) is 52.3 Å². The third-order valence-corrected chi connectivity index (χ3v) is 4.20. The molecule has 7 nitrogen and oxygen atoms in total. The van der Waals surface area contributed by atoms with Gasteiger partial charge in [-0.05, 0) is 39.8 Å². The van der Waals surface area contributed by atoms with Crippen molar-refractivity contribution in [1.82, 2.24) is 15.5 Å². The van der Waals surface area contributed by atoms with Gasteiger partial charge in [0.25, 0.3) is 0 Å². The van der Waals surface area contributed by atoms with Gasteiger partial charge < -0.3 is 25.0 Å². The molecule has 1 aliphatic rings. The summed E-state index contributed by atoms with van der Waals surface area (Å²) in [5, 5.41) is 6.24. The normalized spacial score (nSPS) is 15.8. The van der Waals surface area contributed by atoms with Gasteiger partial charge in [-0.3, -0.25) is 9.79 Å². The first kappa shape index (κ1) is 24.3. The first-order valence-electron chi connectivity index (χ1n) is 9.22. The van der Waals surface area contributed by atoms with Gasteiger partial charge in [0.05, 0.1) is 13.7 Å². The molecule has 1 heterocycles. The molecule has 0 saturated carbocycles. The van der Waals surface area contributed by atoms with Crippen LogP contribution < -0.4 is 20.1 Å². The molecule has 0 radical (unpaired) electrons. The molecule has 0 aromatic heterocycles. The number of fused-ring (bicyclic) bond motifs is 1. The molecule has 0 spiro atoms. The number of guanidine groups is 1. The van der Waals surface area contributed by atoms with E-state index in [-0.39, 0.29) is 48.1 Å². The van der Waals surface area contributed by atoms with Gasteiger partial charge in [-0.25, -0.2) is 0 Å². The SMILES string of the molecule is CN=C(NCc1cc2c(cc1OC)CC(C)O2)N(C)CC(=O)NC(C)(C)C.I. The van der Waals surface area contributed by atoms with Gasteiger partial charge in [0, 0.05) is 43.7 Å². The minimum atomic E-state index is -0.260. The second-order valence-electron chi connectivity index (χ2n) is 7.96. The highest BCUT2D eigenvalue weighted by Crippen LogP contribution is 2.34. The minimum Gasteiger partial charge on any atom is -0.496 e. The van der Waals surface area contributed by atoms with E-state index in [9.17, 15) is 4.79 Å². The number of halogens is 1. The molecule has 1 aromatic carbocycles. The molecule has 0 fully saturated rings. The lowest BCUT2D eigenvalue weighted by Gasteiger charge is -2.25. The van der Waals surface area contributed by atoms with E-state index in [2.05, 4.69) is 22.5 Å². The van der Waals surface area contributed by atoms with E-state index in [1.54, 1.807) is 19.1 Å². The summed E-state index contributed by atoms with van der Waals surface area (Å²) in [5.41, 5.74) is 1.89. The monoisotopic (exact) mass is 504 g/mol. The molecule has 2 N–H and O–H groups in total. The van der Waals surface area contributed by atoms with Gasteiger partial charge in [-0.15, -0.1) is 24.0 Å². The number of carbonyl (C=O) groups is 1. The highest BCUT2D eigenvalue weighted by molar-refractivity contribution is 14.0. The second-order valence-corrected chi connectivity index (χ2v) is 7.96. The van der Waals surface area contributed by atoms with Crippen LogP contribution in [0.5, 0.6) is 11.5 Å². The van der Waals surface area contributed by atoms with Crippen molar-refractivity contribution in [2.75, 3.05) is 27.7 Å². The lowest BCUT2D eigenvalue weighted by atomic mass is 10.1. The lowest BCUT2D eigenvalue weighted by molar-refractivity contribution is -0.122. The van der Waals surface area contributed by atoms with Gasteiger partial charge >= 0.3 is 0 Å². The Labute approximate surface area is 185 Å². The Kier molecular flexibility index (Phi) is 8.84. The van der Waals surface area contributed by atoms with E-state index in [0.717, 1.165) is 23.5 Å². The van der Waals surface area contributed by atoms with Crippen molar-refractivity contribution < 1.29 is 14.3 Å². The highest BCUT2D eigenvalue weighted by Gasteiger charge is 2.22. The van der Waals surface area contributed by atoms with Crippen LogP contribution in [0, 0.1) is 0 Å². The Balaban J connectivity index is 0.00000392. The number of benzene rings is 1. The molecule has 1 unspecified atom stereocenters. The van der Waals surface area contributed by atoms with Crippen LogP contribution in [0.25, 0.3) is 0 Å². The number of likely N-dealkylation sites (N-methyl/N-ethyl adjacent to an activating group) is 1. The number of amides is 1. The van der Waals surface area contributed by atoms with Crippen LogP contribution >= 0.6 is 24.0 Å². The Morgan fingerprint density at radius 2 is 2.07 bits per heavy atom. The van der Waals surface area contributed by atoms with Gasteiger partial charge in [-0.1, -0.05) is 0 Å². The lowest BCUT2D eigenvalue weighted by Crippen LogP contribution is -2.48. The van der Waals surface area contributed by atoms with E-state index in [0.29, 0.717) is 12.5 Å². The van der Waals surface area contributed by atoms with Crippen molar-refractivity contribution in [1.29, 1.82) is 0 Å². The fourth-order valence-electron chi connectivity index (χ4n) is 3.12. The van der Waals surface area contributed by atoms with Crippen molar-refractivity contribution >= 4 is 35.8 Å². The molecule has 0 bridgehead atoms. The average Bonchev–Trinajstić information content (AvgIpc) is 2.91. The molecule has 28 heavy (non-hydrogen) atoms. The number of carbonyl (C=O) groups excluding carboxylic acids is 1. The number of nitrogens with one attached hydrogen (secondary N) is 2. The Morgan fingerprint density at radius 3 is 2.64 bits per heavy atom. The number of methoxy groups -OCH3 is 1. The largest absolute Gasteiger partial charge is 0.496 e. The van der Waals surface area contributed by atoms with E-state index in [1.807, 2.05) is 40.0 Å². The molecule has 2 rings (SSSR count). The molecule has 1 amide bonds. The maximum atomic E-state index is 12.2. The minimum absolute atomic E-state index is 0. The molecule has 1 aromatic rings. The van der Waals surface area contributed by atoms with Gasteiger partial charge in [-0.2, -0.15) is 0 Å². The molecule has 8 heteroatoms. The Bertz CT molecular complexity index is 716. The summed E-state index contributed by atoms with van der Waals surface area (Å²) in [4.78, 5) is 18.2. The third kappa shape index (κ3) is 6.72. The number of ether oxygens (including phenoxy) is 2. The molecule has 1 aliphatic heterocycles. The molecule has 0 aliphatic carbocycles. The highest BCUT2D eigenvalue weighted by atomic mass is 127. The zero-order chi connectivity index (χ0) is 20.2.